The van der Waals surface area contributed by atoms with Crippen LogP contribution >= 0.6 is 0 Å². The minimum Gasteiger partial charge on any atom is -0.458 e. The smallest absolute Gasteiger partial charge is 0.135 e. The van der Waals surface area contributed by atoms with Crippen molar-refractivity contribution in [1.82, 2.24) is 5.32 Å². The molecule has 116 valence electrons. The summed E-state index contributed by atoms with van der Waals surface area (Å²) in [5, 5.41) is 4.66. The molecule has 2 rings (SSSR count). The van der Waals surface area contributed by atoms with E-state index in [4.69, 9.17) is 9.15 Å². The molecule has 21 heavy (non-hydrogen) atoms. The van der Waals surface area contributed by atoms with Crippen LogP contribution in [0.15, 0.2) is 28.7 Å². The van der Waals surface area contributed by atoms with Crippen molar-refractivity contribution in [3.05, 3.63) is 35.6 Å². The molecule has 0 spiro atoms. The Morgan fingerprint density at radius 3 is 2.48 bits per heavy atom. The van der Waals surface area contributed by atoms with Gasteiger partial charge in [0.05, 0.1) is 6.10 Å². The molecule has 1 aromatic heterocycles. The molecular weight excluding hydrogens is 262 g/mol. The van der Waals surface area contributed by atoms with Crippen LogP contribution in [0.2, 0.25) is 0 Å². The van der Waals surface area contributed by atoms with Crippen molar-refractivity contribution in [3.63, 3.8) is 0 Å². The molecule has 2 aromatic rings. The lowest BCUT2D eigenvalue weighted by atomic mass is 10.1. The molecular formula is C18H27NO2. The van der Waals surface area contributed by atoms with Crippen molar-refractivity contribution in [3.8, 4) is 0 Å². The fourth-order valence-corrected chi connectivity index (χ4v) is 2.17. The molecule has 1 atom stereocenters. The van der Waals surface area contributed by atoms with Crippen LogP contribution in [0.4, 0.5) is 0 Å². The Kier molecular flexibility index (Phi) is 5.43. The Morgan fingerprint density at radius 2 is 1.81 bits per heavy atom. The number of rotatable bonds is 7. The summed E-state index contributed by atoms with van der Waals surface area (Å²) in [6, 6.07) is 8.64. The maximum atomic E-state index is 6.00. The van der Waals surface area contributed by atoms with Crippen LogP contribution in [-0.4, -0.2) is 12.1 Å². The fourth-order valence-electron chi connectivity index (χ4n) is 2.17. The number of fused-ring (bicyclic) bond motifs is 1. The van der Waals surface area contributed by atoms with Gasteiger partial charge in [0.25, 0.3) is 0 Å². The predicted molar refractivity (Wildman–Crippen MR) is 87.3 cm³/mol. The van der Waals surface area contributed by atoms with E-state index in [0.29, 0.717) is 18.6 Å². The molecule has 0 amide bonds. The zero-order valence-electron chi connectivity index (χ0n) is 13.8. The first-order valence-corrected chi connectivity index (χ1v) is 7.83. The Morgan fingerprint density at radius 1 is 1.10 bits per heavy atom. The van der Waals surface area contributed by atoms with E-state index >= 15 is 0 Å². The highest BCUT2D eigenvalue weighted by atomic mass is 16.5. The first-order valence-electron chi connectivity index (χ1n) is 7.83. The van der Waals surface area contributed by atoms with Gasteiger partial charge in [-0.3, -0.25) is 0 Å². The average Bonchev–Trinajstić information content (AvgIpc) is 2.80. The zero-order chi connectivity index (χ0) is 15.4. The summed E-state index contributed by atoms with van der Waals surface area (Å²) in [4.78, 5) is 0. The van der Waals surface area contributed by atoms with Crippen LogP contribution in [-0.2, 0) is 17.9 Å². The van der Waals surface area contributed by atoms with Crippen LogP contribution in [0.5, 0.6) is 0 Å². The van der Waals surface area contributed by atoms with Gasteiger partial charge in [0.1, 0.15) is 18.0 Å². The highest BCUT2D eigenvalue weighted by Crippen LogP contribution is 2.27. The average molecular weight is 289 g/mol. The second-order valence-electron chi connectivity index (χ2n) is 6.30. The summed E-state index contributed by atoms with van der Waals surface area (Å²) in [6.07, 6.45) is 0.226. The highest BCUT2D eigenvalue weighted by molar-refractivity contribution is 5.82. The number of hydrogen-bond donors (Lipinski definition) is 1. The SMILES string of the molecule is CC(C)NCc1c(COC(C)C(C)C)oc2ccccc12. The van der Waals surface area contributed by atoms with Gasteiger partial charge in [-0.1, -0.05) is 45.9 Å². The fraction of sp³-hybridized carbons (Fsp3) is 0.556. The van der Waals surface area contributed by atoms with Crippen molar-refractivity contribution < 1.29 is 9.15 Å². The van der Waals surface area contributed by atoms with E-state index in [9.17, 15) is 0 Å². The molecule has 0 saturated carbocycles. The van der Waals surface area contributed by atoms with Gasteiger partial charge in [-0.15, -0.1) is 0 Å². The number of para-hydroxylation sites is 1. The molecule has 1 heterocycles. The van der Waals surface area contributed by atoms with Gasteiger partial charge in [-0.25, -0.2) is 0 Å². The second kappa shape index (κ2) is 7.10. The molecule has 3 heteroatoms. The highest BCUT2D eigenvalue weighted by Gasteiger charge is 2.16. The molecule has 1 N–H and O–H groups in total. The lowest BCUT2D eigenvalue weighted by Crippen LogP contribution is -2.22. The van der Waals surface area contributed by atoms with Gasteiger partial charge in [0, 0.05) is 23.5 Å². The van der Waals surface area contributed by atoms with E-state index in [1.165, 1.54) is 10.9 Å². The van der Waals surface area contributed by atoms with Crippen LogP contribution in [0.25, 0.3) is 11.0 Å². The first-order chi connectivity index (χ1) is 9.99. The Bertz CT molecular complexity index is 572. The molecule has 0 aliphatic rings. The monoisotopic (exact) mass is 289 g/mol. The van der Waals surface area contributed by atoms with Gasteiger partial charge >= 0.3 is 0 Å². The molecule has 1 aromatic carbocycles. The summed E-state index contributed by atoms with van der Waals surface area (Å²) in [6.45, 7) is 12.1. The summed E-state index contributed by atoms with van der Waals surface area (Å²) >= 11 is 0. The third kappa shape index (κ3) is 4.08. The third-order valence-corrected chi connectivity index (χ3v) is 3.89. The third-order valence-electron chi connectivity index (χ3n) is 3.89. The van der Waals surface area contributed by atoms with Crippen molar-refractivity contribution in [2.45, 2.75) is 59.9 Å². The summed E-state index contributed by atoms with van der Waals surface area (Å²) in [5.74, 6) is 1.45. The second-order valence-corrected chi connectivity index (χ2v) is 6.30. The van der Waals surface area contributed by atoms with E-state index < -0.39 is 0 Å². The topological polar surface area (TPSA) is 34.4 Å². The molecule has 1 unspecified atom stereocenters. The summed E-state index contributed by atoms with van der Waals surface area (Å²) in [5.41, 5.74) is 2.16. The van der Waals surface area contributed by atoms with Crippen molar-refractivity contribution in [2.75, 3.05) is 0 Å². The molecule has 0 aliphatic heterocycles. The van der Waals surface area contributed by atoms with Crippen molar-refractivity contribution in [2.24, 2.45) is 5.92 Å². The Balaban J connectivity index is 2.22. The Labute approximate surface area is 127 Å². The van der Waals surface area contributed by atoms with E-state index in [1.807, 2.05) is 12.1 Å². The molecule has 0 aliphatic carbocycles. The van der Waals surface area contributed by atoms with Crippen LogP contribution in [0.3, 0.4) is 0 Å². The number of ether oxygens (including phenoxy) is 1. The standard InChI is InChI=1S/C18H27NO2/c1-12(2)14(5)20-11-18-16(10-19-13(3)4)15-8-6-7-9-17(15)21-18/h6-9,12-14,19H,10-11H2,1-5H3. The largest absolute Gasteiger partial charge is 0.458 e. The van der Waals surface area contributed by atoms with Crippen LogP contribution in [0.1, 0.15) is 45.9 Å². The normalized spacial score (nSPS) is 13.5. The maximum Gasteiger partial charge on any atom is 0.135 e. The first kappa shape index (κ1) is 16.1. The van der Waals surface area contributed by atoms with Crippen molar-refractivity contribution in [1.29, 1.82) is 0 Å². The maximum absolute atomic E-state index is 6.00. The molecule has 0 saturated heterocycles. The van der Waals surface area contributed by atoms with Crippen LogP contribution < -0.4 is 5.32 Å². The number of benzene rings is 1. The number of nitrogens with one attached hydrogen (secondary N) is 1. The van der Waals surface area contributed by atoms with Gasteiger partial charge in [0.2, 0.25) is 0 Å². The number of hydrogen-bond acceptors (Lipinski definition) is 3. The van der Waals surface area contributed by atoms with Gasteiger partial charge in [0.15, 0.2) is 0 Å². The van der Waals surface area contributed by atoms with Gasteiger partial charge < -0.3 is 14.5 Å². The molecule has 0 fully saturated rings. The van der Waals surface area contributed by atoms with E-state index in [2.05, 4.69) is 52.1 Å². The summed E-state index contributed by atoms with van der Waals surface area (Å²) < 4.78 is 11.9. The minimum absolute atomic E-state index is 0.226. The van der Waals surface area contributed by atoms with E-state index in [-0.39, 0.29) is 6.10 Å². The van der Waals surface area contributed by atoms with Crippen molar-refractivity contribution >= 4 is 11.0 Å². The van der Waals surface area contributed by atoms with Gasteiger partial charge in [-0.2, -0.15) is 0 Å². The minimum atomic E-state index is 0.226. The number of furan rings is 1. The molecule has 0 radical (unpaired) electrons. The Hall–Kier alpha value is -1.32. The predicted octanol–water partition coefficient (Wildman–Crippen LogP) is 4.49. The lowest BCUT2D eigenvalue weighted by Gasteiger charge is -2.16. The van der Waals surface area contributed by atoms with E-state index in [1.54, 1.807) is 0 Å². The van der Waals surface area contributed by atoms with Crippen LogP contribution in [0, 0.1) is 5.92 Å². The zero-order valence-corrected chi connectivity index (χ0v) is 13.8. The molecule has 3 nitrogen and oxygen atoms in total. The van der Waals surface area contributed by atoms with E-state index in [0.717, 1.165) is 17.9 Å². The lowest BCUT2D eigenvalue weighted by molar-refractivity contribution is 0.0150. The van der Waals surface area contributed by atoms with Gasteiger partial charge in [-0.05, 0) is 18.9 Å². The quantitative estimate of drug-likeness (QED) is 0.815. The molecule has 0 bridgehead atoms. The summed E-state index contributed by atoms with van der Waals surface area (Å²) in [7, 11) is 0.